The highest BCUT2D eigenvalue weighted by Crippen LogP contribution is 2.15. The van der Waals surface area contributed by atoms with E-state index in [0.717, 1.165) is 24.1 Å². The summed E-state index contributed by atoms with van der Waals surface area (Å²) < 4.78 is 5.26. The first-order chi connectivity index (χ1) is 10.6. The number of anilines is 1. The third-order valence-electron chi connectivity index (χ3n) is 3.80. The summed E-state index contributed by atoms with van der Waals surface area (Å²) >= 11 is 0. The molecule has 0 saturated carbocycles. The average Bonchev–Trinajstić information content (AvgIpc) is 2.54. The quantitative estimate of drug-likeness (QED) is 0.877. The molecule has 0 spiro atoms. The van der Waals surface area contributed by atoms with Crippen molar-refractivity contribution in [3.63, 3.8) is 0 Å². The summed E-state index contributed by atoms with van der Waals surface area (Å²) in [6.07, 6.45) is 1.60. The summed E-state index contributed by atoms with van der Waals surface area (Å²) in [5, 5.41) is 5.81. The molecular formula is C17H24N2O3. The van der Waals surface area contributed by atoms with Crippen molar-refractivity contribution in [1.29, 1.82) is 0 Å². The van der Waals surface area contributed by atoms with Gasteiger partial charge in [-0.3, -0.25) is 9.59 Å². The van der Waals surface area contributed by atoms with Crippen LogP contribution in [0.15, 0.2) is 24.3 Å². The van der Waals surface area contributed by atoms with E-state index >= 15 is 0 Å². The van der Waals surface area contributed by atoms with Crippen LogP contribution in [-0.4, -0.2) is 25.0 Å². The zero-order valence-electron chi connectivity index (χ0n) is 13.2. The van der Waals surface area contributed by atoms with Crippen LogP contribution < -0.4 is 10.6 Å². The van der Waals surface area contributed by atoms with E-state index in [1.54, 1.807) is 0 Å². The van der Waals surface area contributed by atoms with Gasteiger partial charge < -0.3 is 15.4 Å². The van der Waals surface area contributed by atoms with Gasteiger partial charge in [0.25, 0.3) is 0 Å². The SMILES string of the molecule is CC(C)C(=O)Nc1ccc(CNC(=O)C2CCOCC2)cc1. The third kappa shape index (κ3) is 4.84. The molecule has 5 heteroatoms. The van der Waals surface area contributed by atoms with Gasteiger partial charge in [0.15, 0.2) is 0 Å². The van der Waals surface area contributed by atoms with E-state index in [0.29, 0.717) is 19.8 Å². The number of benzene rings is 1. The molecule has 0 unspecified atom stereocenters. The molecule has 1 aromatic rings. The van der Waals surface area contributed by atoms with Crippen LogP contribution in [0.25, 0.3) is 0 Å². The largest absolute Gasteiger partial charge is 0.381 e. The number of amides is 2. The number of carbonyl (C=O) groups excluding carboxylic acids is 2. The first-order valence-electron chi connectivity index (χ1n) is 7.81. The summed E-state index contributed by atoms with van der Waals surface area (Å²) in [6.45, 7) is 5.56. The summed E-state index contributed by atoms with van der Waals surface area (Å²) in [5.74, 6) is 0.123. The Hall–Kier alpha value is -1.88. The van der Waals surface area contributed by atoms with E-state index in [2.05, 4.69) is 10.6 Å². The zero-order valence-corrected chi connectivity index (χ0v) is 13.2. The lowest BCUT2D eigenvalue weighted by atomic mass is 9.99. The summed E-state index contributed by atoms with van der Waals surface area (Å²) in [7, 11) is 0. The first kappa shape index (κ1) is 16.5. The lowest BCUT2D eigenvalue weighted by Crippen LogP contribution is -2.33. The summed E-state index contributed by atoms with van der Waals surface area (Å²) in [6, 6.07) is 7.55. The van der Waals surface area contributed by atoms with E-state index in [-0.39, 0.29) is 23.7 Å². The van der Waals surface area contributed by atoms with Gasteiger partial charge in [0.05, 0.1) is 0 Å². The molecule has 0 atom stereocenters. The lowest BCUT2D eigenvalue weighted by molar-refractivity contribution is -0.128. The van der Waals surface area contributed by atoms with E-state index in [9.17, 15) is 9.59 Å². The Bertz CT molecular complexity index is 505. The molecule has 1 heterocycles. The number of hydrogen-bond donors (Lipinski definition) is 2. The third-order valence-corrected chi connectivity index (χ3v) is 3.80. The molecular weight excluding hydrogens is 280 g/mol. The van der Waals surface area contributed by atoms with Crippen LogP contribution in [0, 0.1) is 11.8 Å². The van der Waals surface area contributed by atoms with Gasteiger partial charge in [0, 0.05) is 37.3 Å². The van der Waals surface area contributed by atoms with Crippen molar-refractivity contribution in [2.75, 3.05) is 18.5 Å². The average molecular weight is 304 g/mol. The van der Waals surface area contributed by atoms with Crippen LogP contribution in [0.1, 0.15) is 32.3 Å². The van der Waals surface area contributed by atoms with Gasteiger partial charge in [0.1, 0.15) is 0 Å². The number of carbonyl (C=O) groups is 2. The summed E-state index contributed by atoms with van der Waals surface area (Å²) in [4.78, 5) is 23.6. The Morgan fingerprint density at radius 3 is 2.41 bits per heavy atom. The minimum absolute atomic E-state index is 0.000528. The molecule has 2 amide bonds. The molecule has 1 aliphatic heterocycles. The van der Waals surface area contributed by atoms with Gasteiger partial charge in [0.2, 0.25) is 11.8 Å². The molecule has 1 saturated heterocycles. The molecule has 2 N–H and O–H groups in total. The molecule has 1 fully saturated rings. The fourth-order valence-electron chi connectivity index (χ4n) is 2.29. The van der Waals surface area contributed by atoms with Gasteiger partial charge >= 0.3 is 0 Å². The Labute approximate surface area is 131 Å². The standard InChI is InChI=1S/C17H24N2O3/c1-12(2)16(20)19-15-5-3-13(4-6-15)11-18-17(21)14-7-9-22-10-8-14/h3-6,12,14H,7-11H2,1-2H3,(H,18,21)(H,19,20). The van der Waals surface area contributed by atoms with Crippen LogP contribution in [0.3, 0.4) is 0 Å². The molecule has 1 aromatic carbocycles. The second-order valence-corrected chi connectivity index (χ2v) is 5.95. The second kappa shape index (κ2) is 7.94. The minimum atomic E-state index is -0.0431. The Morgan fingerprint density at radius 2 is 1.82 bits per heavy atom. The number of nitrogens with one attached hydrogen (secondary N) is 2. The maximum absolute atomic E-state index is 12.0. The Balaban J connectivity index is 1.81. The van der Waals surface area contributed by atoms with Gasteiger partial charge in [-0.1, -0.05) is 26.0 Å². The Morgan fingerprint density at radius 1 is 1.18 bits per heavy atom. The van der Waals surface area contributed by atoms with Crippen molar-refractivity contribution in [3.05, 3.63) is 29.8 Å². The monoisotopic (exact) mass is 304 g/mol. The van der Waals surface area contributed by atoms with Crippen molar-refractivity contribution in [1.82, 2.24) is 5.32 Å². The molecule has 0 radical (unpaired) electrons. The highest BCUT2D eigenvalue weighted by Gasteiger charge is 2.20. The molecule has 1 aliphatic rings. The van der Waals surface area contributed by atoms with Crippen LogP contribution in [-0.2, 0) is 20.9 Å². The fraction of sp³-hybridized carbons (Fsp3) is 0.529. The van der Waals surface area contributed by atoms with Gasteiger partial charge in [-0.15, -0.1) is 0 Å². The van der Waals surface area contributed by atoms with Crippen LogP contribution in [0.4, 0.5) is 5.69 Å². The predicted molar refractivity (Wildman–Crippen MR) is 85.3 cm³/mol. The molecule has 0 aromatic heterocycles. The first-order valence-corrected chi connectivity index (χ1v) is 7.81. The molecule has 5 nitrogen and oxygen atoms in total. The fourth-order valence-corrected chi connectivity index (χ4v) is 2.29. The van der Waals surface area contributed by atoms with E-state index in [4.69, 9.17) is 4.74 Å². The Kier molecular flexibility index (Phi) is 5.95. The predicted octanol–water partition coefficient (Wildman–Crippen LogP) is 2.32. The molecule has 0 bridgehead atoms. The number of rotatable bonds is 5. The minimum Gasteiger partial charge on any atom is -0.381 e. The van der Waals surface area contributed by atoms with E-state index < -0.39 is 0 Å². The molecule has 120 valence electrons. The maximum atomic E-state index is 12.0. The van der Waals surface area contributed by atoms with Crippen molar-refractivity contribution in [3.8, 4) is 0 Å². The van der Waals surface area contributed by atoms with Crippen LogP contribution in [0.5, 0.6) is 0 Å². The van der Waals surface area contributed by atoms with Crippen molar-refractivity contribution in [2.45, 2.75) is 33.2 Å². The summed E-state index contributed by atoms with van der Waals surface area (Å²) in [5.41, 5.74) is 1.79. The van der Waals surface area contributed by atoms with Crippen LogP contribution >= 0.6 is 0 Å². The zero-order chi connectivity index (χ0) is 15.9. The highest BCUT2D eigenvalue weighted by molar-refractivity contribution is 5.92. The van der Waals surface area contributed by atoms with Crippen molar-refractivity contribution >= 4 is 17.5 Å². The van der Waals surface area contributed by atoms with Crippen molar-refractivity contribution < 1.29 is 14.3 Å². The van der Waals surface area contributed by atoms with Gasteiger partial charge in [-0.05, 0) is 30.5 Å². The van der Waals surface area contributed by atoms with E-state index in [1.807, 2.05) is 38.1 Å². The normalized spacial score (nSPS) is 15.6. The second-order valence-electron chi connectivity index (χ2n) is 5.95. The molecule has 22 heavy (non-hydrogen) atoms. The maximum Gasteiger partial charge on any atom is 0.226 e. The molecule has 2 rings (SSSR count). The van der Waals surface area contributed by atoms with E-state index in [1.165, 1.54) is 0 Å². The van der Waals surface area contributed by atoms with Crippen LogP contribution in [0.2, 0.25) is 0 Å². The lowest BCUT2D eigenvalue weighted by Gasteiger charge is -2.21. The van der Waals surface area contributed by atoms with Crippen molar-refractivity contribution in [2.24, 2.45) is 11.8 Å². The topological polar surface area (TPSA) is 67.4 Å². The number of hydrogen-bond acceptors (Lipinski definition) is 3. The smallest absolute Gasteiger partial charge is 0.226 e. The highest BCUT2D eigenvalue weighted by atomic mass is 16.5. The van der Waals surface area contributed by atoms with Gasteiger partial charge in [-0.2, -0.15) is 0 Å². The molecule has 0 aliphatic carbocycles. The number of ether oxygens (including phenoxy) is 1. The van der Waals surface area contributed by atoms with Gasteiger partial charge in [-0.25, -0.2) is 0 Å².